The number of hydrogen-bond acceptors (Lipinski definition) is 4. The quantitative estimate of drug-likeness (QED) is 0.856. The van der Waals surface area contributed by atoms with Crippen LogP contribution in [0, 0.1) is 4.77 Å². The van der Waals surface area contributed by atoms with Crippen LogP contribution < -0.4 is 0 Å². The van der Waals surface area contributed by atoms with Crippen LogP contribution in [-0.4, -0.2) is 30.9 Å². The second-order valence-electron chi connectivity index (χ2n) is 6.48. The summed E-state index contributed by atoms with van der Waals surface area (Å²) in [5.41, 5.74) is 1.36. The molecule has 0 bridgehead atoms. The molecule has 1 aliphatic heterocycles. The highest BCUT2D eigenvalue weighted by Gasteiger charge is 2.30. The summed E-state index contributed by atoms with van der Waals surface area (Å²) < 4.78 is 4.68. The van der Waals surface area contributed by atoms with Crippen molar-refractivity contribution in [2.24, 2.45) is 0 Å². The Balaban J connectivity index is 1.59. The fourth-order valence-corrected chi connectivity index (χ4v) is 3.94. The Hall–Kier alpha value is -1.50. The third-order valence-electron chi connectivity index (χ3n) is 4.86. The van der Waals surface area contributed by atoms with Gasteiger partial charge in [0.05, 0.1) is 6.67 Å². The van der Waals surface area contributed by atoms with Crippen LogP contribution in [-0.2, 0) is 13.3 Å². The summed E-state index contributed by atoms with van der Waals surface area (Å²) in [5.74, 6) is 0.702. The lowest BCUT2D eigenvalue weighted by Crippen LogP contribution is -2.27. The number of hydrogen-bond donors (Lipinski definition) is 1. The number of benzene rings is 1. The van der Waals surface area contributed by atoms with Crippen LogP contribution in [0.3, 0.4) is 0 Å². The van der Waals surface area contributed by atoms with Gasteiger partial charge in [-0.2, -0.15) is 5.10 Å². The van der Waals surface area contributed by atoms with Crippen molar-refractivity contribution in [3.63, 3.8) is 0 Å². The molecule has 2 aliphatic rings. The average Bonchev–Trinajstić information content (AvgIpc) is 3.22. The summed E-state index contributed by atoms with van der Waals surface area (Å²) >= 11 is 5.61. The van der Waals surface area contributed by atoms with Crippen molar-refractivity contribution in [3.05, 3.63) is 46.5 Å². The maximum absolute atomic E-state index is 9.57. The van der Waals surface area contributed by atoms with Crippen LogP contribution in [0.4, 0.5) is 0 Å². The predicted molar refractivity (Wildman–Crippen MR) is 90.4 cm³/mol. The van der Waals surface area contributed by atoms with E-state index in [0.29, 0.717) is 24.6 Å². The fraction of sp³-hybridized carbons (Fsp3) is 0.529. The molecule has 2 aromatic rings. The van der Waals surface area contributed by atoms with E-state index in [1.54, 1.807) is 0 Å². The van der Waals surface area contributed by atoms with Gasteiger partial charge in [0.2, 0.25) is 0 Å². The van der Waals surface area contributed by atoms with E-state index in [4.69, 9.17) is 12.2 Å². The number of likely N-dealkylation sites (tertiary alicyclic amines) is 1. The number of aliphatic hydroxyl groups excluding tert-OH is 1. The molecule has 4 rings (SSSR count). The lowest BCUT2D eigenvalue weighted by Gasteiger charge is -2.24. The maximum atomic E-state index is 9.57. The molecule has 23 heavy (non-hydrogen) atoms. The van der Waals surface area contributed by atoms with Crippen LogP contribution in [0.5, 0.6) is 0 Å². The molecule has 1 aromatic heterocycles. The first kappa shape index (κ1) is 15.1. The molecule has 0 amide bonds. The zero-order valence-corrected chi connectivity index (χ0v) is 14.0. The van der Waals surface area contributed by atoms with Crippen molar-refractivity contribution < 1.29 is 5.11 Å². The van der Waals surface area contributed by atoms with Gasteiger partial charge in [0.1, 0.15) is 6.61 Å². The number of rotatable bonds is 5. The molecule has 1 saturated carbocycles. The largest absolute Gasteiger partial charge is 0.388 e. The topological polar surface area (TPSA) is 46.2 Å². The standard InChI is InChI=1S/C17H22N4OS/c22-11-16-18-20(17(23)21(16)14-8-9-14)12-19-10-4-7-15(19)13-5-2-1-3-6-13/h1-3,5-6,14-15,22H,4,7-12H2. The second-order valence-corrected chi connectivity index (χ2v) is 6.85. The molecule has 2 heterocycles. The van der Waals surface area contributed by atoms with Gasteiger partial charge in [-0.15, -0.1) is 0 Å². The molecule has 1 N–H and O–H groups in total. The van der Waals surface area contributed by atoms with Crippen molar-refractivity contribution in [2.45, 2.75) is 51.0 Å². The van der Waals surface area contributed by atoms with E-state index < -0.39 is 0 Å². The number of aromatic nitrogens is 3. The Bertz CT molecular complexity index is 735. The van der Waals surface area contributed by atoms with Gasteiger partial charge in [-0.05, 0) is 43.5 Å². The van der Waals surface area contributed by atoms with Crippen molar-refractivity contribution in [1.82, 2.24) is 19.2 Å². The molecular weight excluding hydrogens is 308 g/mol. The van der Waals surface area contributed by atoms with Crippen LogP contribution in [0.25, 0.3) is 0 Å². The van der Waals surface area contributed by atoms with Gasteiger partial charge in [0.25, 0.3) is 0 Å². The van der Waals surface area contributed by atoms with E-state index in [1.807, 2.05) is 9.25 Å². The Labute approximate surface area is 141 Å². The summed E-state index contributed by atoms with van der Waals surface area (Å²) in [6.45, 7) is 1.71. The highest BCUT2D eigenvalue weighted by atomic mass is 32.1. The van der Waals surface area contributed by atoms with E-state index in [0.717, 1.165) is 24.2 Å². The molecule has 122 valence electrons. The first-order valence-corrected chi connectivity index (χ1v) is 8.77. The number of aliphatic hydroxyl groups is 1. The average molecular weight is 330 g/mol. The summed E-state index contributed by atoms with van der Waals surface area (Å²) in [6.07, 6.45) is 4.66. The van der Waals surface area contributed by atoms with Crippen molar-refractivity contribution in [3.8, 4) is 0 Å². The van der Waals surface area contributed by atoms with Crippen molar-refractivity contribution >= 4 is 12.2 Å². The van der Waals surface area contributed by atoms with E-state index in [2.05, 4.69) is 40.3 Å². The zero-order chi connectivity index (χ0) is 15.8. The Morgan fingerprint density at radius 3 is 2.65 bits per heavy atom. The number of nitrogens with zero attached hydrogens (tertiary/aromatic N) is 4. The van der Waals surface area contributed by atoms with Gasteiger partial charge in [-0.25, -0.2) is 4.68 Å². The minimum Gasteiger partial charge on any atom is -0.388 e. The van der Waals surface area contributed by atoms with Gasteiger partial charge < -0.3 is 5.11 Å². The minimum atomic E-state index is -0.0464. The van der Waals surface area contributed by atoms with E-state index in [-0.39, 0.29) is 6.61 Å². The summed E-state index contributed by atoms with van der Waals surface area (Å²) in [7, 11) is 0. The van der Waals surface area contributed by atoms with Gasteiger partial charge in [0.15, 0.2) is 10.6 Å². The molecular formula is C17H22N4OS. The second kappa shape index (κ2) is 6.19. The van der Waals surface area contributed by atoms with E-state index in [9.17, 15) is 5.11 Å². The smallest absolute Gasteiger partial charge is 0.199 e. The van der Waals surface area contributed by atoms with Crippen LogP contribution in [0.15, 0.2) is 30.3 Å². The summed E-state index contributed by atoms with van der Waals surface area (Å²) in [6, 6.07) is 11.5. The third kappa shape index (κ3) is 2.86. The predicted octanol–water partition coefficient (Wildman–Crippen LogP) is 3.04. The Morgan fingerprint density at radius 1 is 1.17 bits per heavy atom. The molecule has 5 nitrogen and oxygen atoms in total. The molecule has 6 heteroatoms. The SMILES string of the molecule is OCc1nn(CN2CCCC2c2ccccc2)c(=S)n1C1CC1. The lowest BCUT2D eigenvalue weighted by atomic mass is 10.1. The molecule has 2 fully saturated rings. The van der Waals surface area contributed by atoms with Gasteiger partial charge in [-0.3, -0.25) is 9.47 Å². The Morgan fingerprint density at radius 2 is 1.96 bits per heavy atom. The normalized spacial score (nSPS) is 21.9. The Kier molecular flexibility index (Phi) is 4.05. The van der Waals surface area contributed by atoms with E-state index in [1.165, 1.54) is 18.4 Å². The van der Waals surface area contributed by atoms with Crippen LogP contribution >= 0.6 is 12.2 Å². The van der Waals surface area contributed by atoms with Crippen LogP contribution in [0.2, 0.25) is 0 Å². The van der Waals surface area contributed by atoms with Crippen molar-refractivity contribution in [1.29, 1.82) is 0 Å². The first-order valence-electron chi connectivity index (χ1n) is 8.36. The molecule has 1 unspecified atom stereocenters. The van der Waals surface area contributed by atoms with Crippen molar-refractivity contribution in [2.75, 3.05) is 6.54 Å². The summed E-state index contributed by atoms with van der Waals surface area (Å²) in [5, 5.41) is 14.1. The minimum absolute atomic E-state index is 0.0464. The first-order chi connectivity index (χ1) is 11.3. The maximum Gasteiger partial charge on any atom is 0.199 e. The molecule has 1 aliphatic carbocycles. The third-order valence-corrected chi connectivity index (χ3v) is 5.27. The van der Waals surface area contributed by atoms with Crippen LogP contribution in [0.1, 0.15) is 49.2 Å². The van der Waals surface area contributed by atoms with Gasteiger partial charge in [0, 0.05) is 18.6 Å². The van der Waals surface area contributed by atoms with Gasteiger partial charge >= 0.3 is 0 Å². The monoisotopic (exact) mass is 330 g/mol. The molecule has 0 spiro atoms. The lowest BCUT2D eigenvalue weighted by molar-refractivity contribution is 0.188. The highest BCUT2D eigenvalue weighted by Crippen LogP contribution is 2.37. The van der Waals surface area contributed by atoms with Gasteiger partial charge in [-0.1, -0.05) is 30.3 Å². The molecule has 0 radical (unpaired) electrons. The zero-order valence-electron chi connectivity index (χ0n) is 13.1. The molecule has 1 aromatic carbocycles. The van der Waals surface area contributed by atoms with E-state index >= 15 is 0 Å². The fourth-order valence-electron chi connectivity index (χ4n) is 3.58. The molecule has 1 saturated heterocycles. The molecule has 1 atom stereocenters. The highest BCUT2D eigenvalue weighted by molar-refractivity contribution is 7.71. The summed E-state index contributed by atoms with van der Waals surface area (Å²) in [4.78, 5) is 2.44.